The first-order valence-electron chi connectivity index (χ1n) is 9.28. The number of nitrogens with one attached hydrogen (secondary N) is 2. The van der Waals surface area contributed by atoms with E-state index in [1.807, 2.05) is 6.07 Å². The Balaban J connectivity index is 1.48. The van der Waals surface area contributed by atoms with E-state index in [4.69, 9.17) is 10.5 Å². The van der Waals surface area contributed by atoms with E-state index >= 15 is 0 Å². The largest absolute Gasteiger partial charge is 0.378 e. The third-order valence-electron chi connectivity index (χ3n) is 4.41. The van der Waals surface area contributed by atoms with E-state index in [1.165, 1.54) is 5.56 Å². The normalized spacial score (nSPS) is 15.6. The summed E-state index contributed by atoms with van der Waals surface area (Å²) in [7, 11) is 0. The Labute approximate surface area is 155 Å². The molecular formula is C19H30N4O3. The number of hydrogen-bond acceptors (Lipinski definition) is 5. The minimum absolute atomic E-state index is 0.0310. The molecule has 1 fully saturated rings. The molecule has 1 aliphatic heterocycles. The first-order chi connectivity index (χ1) is 12.7. The van der Waals surface area contributed by atoms with Crippen LogP contribution in [0.3, 0.4) is 0 Å². The highest BCUT2D eigenvalue weighted by atomic mass is 16.5. The molecule has 0 spiro atoms. The number of hydrogen-bond donors (Lipinski definition) is 3. The summed E-state index contributed by atoms with van der Waals surface area (Å²) >= 11 is 0. The average molecular weight is 362 g/mol. The van der Waals surface area contributed by atoms with Gasteiger partial charge < -0.3 is 21.1 Å². The maximum absolute atomic E-state index is 11.5. The second-order valence-corrected chi connectivity index (χ2v) is 6.52. The van der Waals surface area contributed by atoms with Crippen LogP contribution in [-0.4, -0.2) is 62.1 Å². The zero-order chi connectivity index (χ0) is 18.6. The van der Waals surface area contributed by atoms with Gasteiger partial charge in [-0.25, -0.2) is 0 Å². The Morgan fingerprint density at radius 3 is 2.54 bits per heavy atom. The van der Waals surface area contributed by atoms with Crippen LogP contribution in [0.5, 0.6) is 0 Å². The van der Waals surface area contributed by atoms with Gasteiger partial charge in [0.05, 0.1) is 19.2 Å². The number of amides is 2. The van der Waals surface area contributed by atoms with Crippen LogP contribution < -0.4 is 16.4 Å². The molecule has 2 rings (SSSR count). The van der Waals surface area contributed by atoms with Crippen molar-refractivity contribution in [3.8, 4) is 0 Å². The van der Waals surface area contributed by atoms with Crippen LogP contribution >= 0.6 is 0 Å². The SMILES string of the molecule is NCC(=O)NCC(=O)NCCCOC1CCN(Cc2ccccc2)CC1. The number of nitrogens with zero attached hydrogens (tertiary/aromatic N) is 1. The molecule has 144 valence electrons. The van der Waals surface area contributed by atoms with Gasteiger partial charge in [-0.1, -0.05) is 30.3 Å². The van der Waals surface area contributed by atoms with Gasteiger partial charge in [-0.15, -0.1) is 0 Å². The molecule has 1 heterocycles. The van der Waals surface area contributed by atoms with Crippen molar-refractivity contribution in [2.45, 2.75) is 31.9 Å². The van der Waals surface area contributed by atoms with Crippen LogP contribution in [0.1, 0.15) is 24.8 Å². The van der Waals surface area contributed by atoms with Gasteiger partial charge in [0.15, 0.2) is 0 Å². The first kappa shape index (κ1) is 20.4. The lowest BCUT2D eigenvalue weighted by atomic mass is 10.1. The highest BCUT2D eigenvalue weighted by Crippen LogP contribution is 2.16. The van der Waals surface area contributed by atoms with E-state index < -0.39 is 0 Å². The average Bonchev–Trinajstić information content (AvgIpc) is 2.68. The number of likely N-dealkylation sites (tertiary alicyclic amines) is 1. The highest BCUT2D eigenvalue weighted by Gasteiger charge is 2.19. The molecule has 1 saturated heterocycles. The van der Waals surface area contributed by atoms with E-state index in [9.17, 15) is 9.59 Å². The number of ether oxygens (including phenoxy) is 1. The Morgan fingerprint density at radius 2 is 1.85 bits per heavy atom. The lowest BCUT2D eigenvalue weighted by Crippen LogP contribution is -2.40. The van der Waals surface area contributed by atoms with Crippen molar-refractivity contribution >= 4 is 11.8 Å². The summed E-state index contributed by atoms with van der Waals surface area (Å²) in [5, 5.41) is 5.19. The molecule has 0 radical (unpaired) electrons. The van der Waals surface area contributed by atoms with Gasteiger partial charge in [-0.2, -0.15) is 0 Å². The number of piperidine rings is 1. The number of benzene rings is 1. The molecule has 26 heavy (non-hydrogen) atoms. The summed E-state index contributed by atoms with van der Waals surface area (Å²) in [4.78, 5) is 24.9. The third kappa shape index (κ3) is 7.95. The van der Waals surface area contributed by atoms with E-state index in [0.717, 1.165) is 38.9 Å². The molecule has 7 nitrogen and oxygen atoms in total. The topological polar surface area (TPSA) is 96.7 Å². The van der Waals surface area contributed by atoms with Crippen LogP contribution in [-0.2, 0) is 20.9 Å². The number of nitrogens with two attached hydrogens (primary N) is 1. The molecule has 0 aromatic heterocycles. The zero-order valence-corrected chi connectivity index (χ0v) is 15.3. The number of rotatable bonds is 10. The summed E-state index contributed by atoms with van der Waals surface area (Å²) in [6.45, 7) is 4.15. The molecule has 0 atom stereocenters. The molecule has 0 bridgehead atoms. The molecule has 1 aromatic carbocycles. The second kappa shape index (κ2) is 11.6. The van der Waals surface area contributed by atoms with Crippen molar-refractivity contribution in [1.29, 1.82) is 0 Å². The zero-order valence-electron chi connectivity index (χ0n) is 15.3. The van der Waals surface area contributed by atoms with Crippen molar-refractivity contribution in [1.82, 2.24) is 15.5 Å². The molecule has 1 aliphatic rings. The summed E-state index contributed by atoms with van der Waals surface area (Å²) in [6, 6.07) is 10.5. The molecule has 0 aliphatic carbocycles. The third-order valence-corrected chi connectivity index (χ3v) is 4.41. The molecule has 7 heteroatoms. The van der Waals surface area contributed by atoms with Gasteiger partial charge in [0, 0.05) is 32.8 Å². The van der Waals surface area contributed by atoms with Crippen molar-refractivity contribution in [3.63, 3.8) is 0 Å². The van der Waals surface area contributed by atoms with Crippen LogP contribution in [0, 0.1) is 0 Å². The van der Waals surface area contributed by atoms with Crippen LogP contribution in [0.2, 0.25) is 0 Å². The first-order valence-corrected chi connectivity index (χ1v) is 9.28. The van der Waals surface area contributed by atoms with Crippen LogP contribution in [0.15, 0.2) is 30.3 Å². The van der Waals surface area contributed by atoms with Gasteiger partial charge in [-0.05, 0) is 24.8 Å². The van der Waals surface area contributed by atoms with Crippen LogP contribution in [0.25, 0.3) is 0 Å². The van der Waals surface area contributed by atoms with Gasteiger partial charge in [0.25, 0.3) is 0 Å². The van der Waals surface area contributed by atoms with Gasteiger partial charge in [0.2, 0.25) is 11.8 Å². The summed E-state index contributed by atoms with van der Waals surface area (Å²) in [5.41, 5.74) is 6.50. The Kier molecular flexibility index (Phi) is 9.09. The Bertz CT molecular complexity index is 545. The van der Waals surface area contributed by atoms with Crippen molar-refractivity contribution in [2.24, 2.45) is 5.73 Å². The molecule has 0 unspecified atom stereocenters. The Morgan fingerprint density at radius 1 is 1.12 bits per heavy atom. The van der Waals surface area contributed by atoms with Crippen LogP contribution in [0.4, 0.5) is 0 Å². The smallest absolute Gasteiger partial charge is 0.239 e. The van der Waals surface area contributed by atoms with Gasteiger partial charge in [0.1, 0.15) is 0 Å². The quantitative estimate of drug-likeness (QED) is 0.519. The maximum Gasteiger partial charge on any atom is 0.239 e. The lowest BCUT2D eigenvalue weighted by Gasteiger charge is -2.32. The van der Waals surface area contributed by atoms with Gasteiger partial charge in [-0.3, -0.25) is 14.5 Å². The molecular weight excluding hydrogens is 332 g/mol. The highest BCUT2D eigenvalue weighted by molar-refractivity contribution is 5.85. The minimum Gasteiger partial charge on any atom is -0.378 e. The number of carbonyl (C=O) groups is 2. The predicted octanol–water partition coefficient (Wildman–Crippen LogP) is 0.249. The van der Waals surface area contributed by atoms with E-state index in [-0.39, 0.29) is 24.9 Å². The van der Waals surface area contributed by atoms with Gasteiger partial charge >= 0.3 is 0 Å². The van der Waals surface area contributed by atoms with Crippen molar-refractivity contribution in [3.05, 3.63) is 35.9 Å². The minimum atomic E-state index is -0.331. The fourth-order valence-corrected chi connectivity index (χ4v) is 2.94. The van der Waals surface area contributed by atoms with E-state index in [1.54, 1.807) is 0 Å². The number of carbonyl (C=O) groups excluding carboxylic acids is 2. The van der Waals surface area contributed by atoms with E-state index in [0.29, 0.717) is 19.3 Å². The summed E-state index contributed by atoms with van der Waals surface area (Å²) < 4.78 is 5.91. The van der Waals surface area contributed by atoms with Crippen molar-refractivity contribution < 1.29 is 14.3 Å². The Hall–Kier alpha value is -1.96. The predicted molar refractivity (Wildman–Crippen MR) is 100 cm³/mol. The fraction of sp³-hybridized carbons (Fsp3) is 0.579. The molecule has 2 amide bonds. The van der Waals surface area contributed by atoms with E-state index in [2.05, 4.69) is 39.8 Å². The molecule has 0 saturated carbocycles. The molecule has 1 aromatic rings. The van der Waals surface area contributed by atoms with Crippen molar-refractivity contribution in [2.75, 3.05) is 39.3 Å². The summed E-state index contributed by atoms with van der Waals surface area (Å²) in [5.74, 6) is -0.539. The monoisotopic (exact) mass is 362 g/mol. The lowest BCUT2D eigenvalue weighted by molar-refractivity contribution is -0.125. The molecule has 4 N–H and O–H groups in total. The second-order valence-electron chi connectivity index (χ2n) is 6.52. The summed E-state index contributed by atoms with van der Waals surface area (Å²) in [6.07, 6.45) is 3.16. The maximum atomic E-state index is 11.5. The standard InChI is InChI=1S/C19H30N4O3/c20-13-18(24)22-14-19(25)21-9-4-12-26-17-7-10-23(11-8-17)15-16-5-2-1-3-6-16/h1-3,5-6,17H,4,7-15,20H2,(H,21,25)(H,22,24). The fourth-order valence-electron chi connectivity index (χ4n) is 2.94.